The third-order valence-electron chi connectivity index (χ3n) is 8.18. The number of sulfonamides is 1. The zero-order valence-electron chi connectivity index (χ0n) is 26.2. The Balaban J connectivity index is 1.96. The molecule has 4 atom stereocenters. The van der Waals surface area contributed by atoms with E-state index in [0.717, 1.165) is 25.7 Å². The Morgan fingerprint density at radius 3 is 2.40 bits per heavy atom. The van der Waals surface area contributed by atoms with Crippen molar-refractivity contribution in [2.45, 2.75) is 109 Å². The van der Waals surface area contributed by atoms with Gasteiger partial charge in [-0.25, -0.2) is 22.3 Å². The summed E-state index contributed by atoms with van der Waals surface area (Å²) in [4.78, 5) is 52.4. The normalized spacial score (nSPS) is 23.3. The molecule has 2 fully saturated rings. The highest BCUT2D eigenvalue weighted by Crippen LogP contribution is 2.45. The summed E-state index contributed by atoms with van der Waals surface area (Å²) in [5.41, 5.74) is -1.84. The van der Waals surface area contributed by atoms with Crippen molar-refractivity contribution in [3.63, 3.8) is 0 Å². The van der Waals surface area contributed by atoms with Crippen LogP contribution in [0.1, 0.15) is 86.5 Å². The molecule has 1 heterocycles. The van der Waals surface area contributed by atoms with E-state index in [2.05, 4.69) is 22.9 Å². The van der Waals surface area contributed by atoms with E-state index in [-0.39, 0.29) is 19.0 Å². The lowest BCUT2D eigenvalue weighted by molar-refractivity contribution is -0.145. The molecule has 240 valence electrons. The zero-order valence-corrected chi connectivity index (χ0v) is 27.1. The lowest BCUT2D eigenvalue weighted by Gasteiger charge is -2.34. The molecule has 13 heteroatoms. The van der Waals surface area contributed by atoms with Gasteiger partial charge in [-0.05, 0) is 51.4 Å². The van der Waals surface area contributed by atoms with Crippen LogP contribution < -0.4 is 16.0 Å². The van der Waals surface area contributed by atoms with Crippen LogP contribution in [0, 0.1) is 11.3 Å². The Morgan fingerprint density at radius 1 is 1.17 bits per heavy atom. The summed E-state index contributed by atoms with van der Waals surface area (Å²) in [6, 6.07) is -1.99. The maximum atomic E-state index is 13.2. The average Bonchev–Trinajstić information content (AvgIpc) is 3.36. The predicted molar refractivity (Wildman–Crippen MR) is 161 cm³/mol. The molecule has 0 radical (unpaired) electrons. The van der Waals surface area contributed by atoms with Gasteiger partial charge in [0.2, 0.25) is 21.8 Å². The first-order valence-corrected chi connectivity index (χ1v) is 16.5. The maximum Gasteiger partial charge on any atom is 0.330 e. The van der Waals surface area contributed by atoms with Crippen LogP contribution in [-0.2, 0) is 24.4 Å². The van der Waals surface area contributed by atoms with Crippen molar-refractivity contribution in [1.82, 2.24) is 25.2 Å². The third kappa shape index (κ3) is 9.16. The van der Waals surface area contributed by atoms with E-state index < -0.39 is 62.1 Å². The number of aliphatic carboxylic acids is 1. The van der Waals surface area contributed by atoms with E-state index in [1.165, 1.54) is 16.3 Å². The Morgan fingerprint density at radius 2 is 1.83 bits per heavy atom. The van der Waals surface area contributed by atoms with Crippen LogP contribution in [0.5, 0.6) is 0 Å². The summed E-state index contributed by atoms with van der Waals surface area (Å²) in [6.07, 6.45) is 9.24. The second-order valence-corrected chi connectivity index (χ2v) is 15.5. The fourth-order valence-corrected chi connectivity index (χ4v) is 6.18. The molecule has 2 rings (SSSR count). The molecule has 12 nitrogen and oxygen atoms in total. The van der Waals surface area contributed by atoms with E-state index in [1.807, 2.05) is 32.9 Å². The number of carboxylic acid groups (broad SMARTS) is 1. The molecule has 4 N–H and O–H groups in total. The van der Waals surface area contributed by atoms with E-state index in [9.17, 15) is 32.7 Å². The van der Waals surface area contributed by atoms with E-state index in [0.29, 0.717) is 25.8 Å². The van der Waals surface area contributed by atoms with Crippen molar-refractivity contribution < 1.29 is 32.7 Å². The summed E-state index contributed by atoms with van der Waals surface area (Å²) in [5.74, 6) is -2.34. The molecule has 42 heavy (non-hydrogen) atoms. The maximum absolute atomic E-state index is 13.2. The van der Waals surface area contributed by atoms with Crippen molar-refractivity contribution in [1.29, 1.82) is 0 Å². The van der Waals surface area contributed by atoms with Crippen molar-refractivity contribution >= 4 is 33.8 Å². The Labute approximate surface area is 251 Å². The number of carbonyl (C=O) groups excluding carboxylic acids is 3. The number of rotatable bonds is 15. The van der Waals surface area contributed by atoms with Crippen LogP contribution in [0.2, 0.25) is 0 Å². The minimum Gasteiger partial charge on any atom is -0.479 e. The van der Waals surface area contributed by atoms with Crippen LogP contribution in [0.4, 0.5) is 4.79 Å². The van der Waals surface area contributed by atoms with Crippen LogP contribution in [0.25, 0.3) is 0 Å². The highest BCUT2D eigenvalue weighted by Gasteiger charge is 2.61. The van der Waals surface area contributed by atoms with Crippen LogP contribution in [0.15, 0.2) is 12.2 Å². The lowest BCUT2D eigenvalue weighted by atomic mass is 9.87. The first-order chi connectivity index (χ1) is 19.5. The summed E-state index contributed by atoms with van der Waals surface area (Å²) in [6.45, 7) is 10.9. The number of nitrogens with zero attached hydrogens (tertiary/aromatic N) is 2. The highest BCUT2D eigenvalue weighted by molar-refractivity contribution is 7.89. The lowest BCUT2D eigenvalue weighted by Crippen LogP contribution is -2.56. The topological polar surface area (TPSA) is 165 Å². The minimum absolute atomic E-state index is 0.0556. The number of allylic oxidation sites excluding steroid dienone is 1. The molecule has 2 unspecified atom stereocenters. The summed E-state index contributed by atoms with van der Waals surface area (Å²) in [5, 5.41) is 17.3. The van der Waals surface area contributed by atoms with E-state index in [1.54, 1.807) is 13.8 Å². The average molecular weight is 614 g/mol. The molecule has 1 aliphatic carbocycles. The van der Waals surface area contributed by atoms with Gasteiger partial charge in [0.05, 0.1) is 11.8 Å². The van der Waals surface area contributed by atoms with Crippen molar-refractivity contribution in [2.75, 3.05) is 26.7 Å². The molecule has 1 saturated carbocycles. The zero-order chi connectivity index (χ0) is 31.9. The molecule has 0 aromatic heterocycles. The molecule has 1 saturated heterocycles. The standard InChI is InChI=1S/C29H51N5O7S/c1-8-9-10-11-12-14-21-17-29(21,26(37)38)32-25(36)22-15-13-16-34(22)24(35)18-30-27(39)31-23(28(4,5)6)19-33(7)42(40,41)20(2)3/h12,14,20-23H,8-11,13,15-19H2,1-7H3,(H,32,36)(H,37,38)(H2,30,31,39)/b14-12-/t21?,22-,23?,29+/m0/s1. The fraction of sp³-hybridized carbons (Fsp3) is 0.793. The molecule has 0 aromatic carbocycles. The minimum atomic E-state index is -3.52. The van der Waals surface area contributed by atoms with Crippen molar-refractivity contribution in [3.8, 4) is 0 Å². The predicted octanol–water partition coefficient (Wildman–Crippen LogP) is 2.46. The monoisotopic (exact) mass is 613 g/mol. The van der Waals surface area contributed by atoms with Crippen LogP contribution in [0.3, 0.4) is 0 Å². The number of carbonyl (C=O) groups is 4. The molecule has 0 aromatic rings. The SMILES string of the molecule is CCCCC/C=C\C1C[C@]1(NC(=O)[C@@H]1CCCN1C(=O)CNC(=O)NC(CN(C)S(=O)(=O)C(C)C)C(C)(C)C)C(=O)O. The van der Waals surface area contributed by atoms with Crippen molar-refractivity contribution in [3.05, 3.63) is 12.2 Å². The second kappa shape index (κ2) is 14.7. The van der Waals surface area contributed by atoms with Crippen LogP contribution in [-0.4, -0.2) is 96.1 Å². The Bertz CT molecular complexity index is 1120. The number of hydrogen-bond acceptors (Lipinski definition) is 6. The number of likely N-dealkylation sites (N-methyl/N-ethyl adjacent to an activating group) is 1. The Hall–Kier alpha value is -2.67. The molecule has 0 bridgehead atoms. The molecule has 2 aliphatic rings. The number of unbranched alkanes of at least 4 members (excludes halogenated alkanes) is 3. The summed E-state index contributed by atoms with van der Waals surface area (Å²) < 4.78 is 26.3. The van der Waals surface area contributed by atoms with Crippen LogP contribution >= 0.6 is 0 Å². The van der Waals surface area contributed by atoms with Gasteiger partial charge >= 0.3 is 12.0 Å². The molecule has 4 amide bonds. The number of hydrogen-bond donors (Lipinski definition) is 4. The highest BCUT2D eigenvalue weighted by atomic mass is 32.2. The molecule has 1 aliphatic heterocycles. The number of nitrogens with one attached hydrogen (secondary N) is 3. The number of carboxylic acids is 1. The van der Waals surface area contributed by atoms with Gasteiger partial charge in [0.15, 0.2) is 0 Å². The quantitative estimate of drug-likeness (QED) is 0.163. The number of amides is 4. The Kier molecular flexibility index (Phi) is 12.4. The van der Waals surface area contributed by atoms with Crippen molar-refractivity contribution in [2.24, 2.45) is 11.3 Å². The van der Waals surface area contributed by atoms with E-state index >= 15 is 0 Å². The largest absolute Gasteiger partial charge is 0.479 e. The van der Waals surface area contributed by atoms with Gasteiger partial charge in [0, 0.05) is 32.1 Å². The summed E-state index contributed by atoms with van der Waals surface area (Å²) in [7, 11) is -2.05. The smallest absolute Gasteiger partial charge is 0.330 e. The first kappa shape index (κ1) is 35.5. The van der Waals surface area contributed by atoms with Gasteiger partial charge in [0.25, 0.3) is 0 Å². The molecular weight excluding hydrogens is 562 g/mol. The van der Waals surface area contributed by atoms with Gasteiger partial charge in [-0.1, -0.05) is 52.7 Å². The first-order valence-electron chi connectivity index (χ1n) is 15.0. The van der Waals surface area contributed by atoms with Gasteiger partial charge < -0.3 is 26.0 Å². The van der Waals surface area contributed by atoms with Gasteiger partial charge in [-0.15, -0.1) is 0 Å². The van der Waals surface area contributed by atoms with Gasteiger partial charge in [0.1, 0.15) is 11.6 Å². The molecule has 0 spiro atoms. The number of urea groups is 1. The van der Waals surface area contributed by atoms with Gasteiger partial charge in [-0.2, -0.15) is 0 Å². The number of likely N-dealkylation sites (tertiary alicyclic amines) is 1. The fourth-order valence-electron chi connectivity index (χ4n) is 5.10. The van der Waals surface area contributed by atoms with E-state index in [4.69, 9.17) is 0 Å². The summed E-state index contributed by atoms with van der Waals surface area (Å²) >= 11 is 0. The second-order valence-electron chi connectivity index (χ2n) is 12.9. The molecular formula is C29H51N5O7S. The third-order valence-corrected chi connectivity index (χ3v) is 10.4. The van der Waals surface area contributed by atoms with Gasteiger partial charge in [-0.3, -0.25) is 9.59 Å².